The Hall–Kier alpha value is -1.32. The highest BCUT2D eigenvalue weighted by Gasteiger charge is 2.44. The summed E-state index contributed by atoms with van der Waals surface area (Å²) in [5, 5.41) is 27.2. The number of aliphatic hydroxyl groups excluding tert-OH is 1. The summed E-state index contributed by atoms with van der Waals surface area (Å²) in [7, 11) is 0. The van der Waals surface area contributed by atoms with Gasteiger partial charge in [-0.2, -0.15) is 0 Å². The lowest BCUT2D eigenvalue weighted by Gasteiger charge is -2.26. The Balaban J connectivity index is 1.58. The van der Waals surface area contributed by atoms with E-state index in [4.69, 9.17) is 0 Å². The predicted molar refractivity (Wildman–Crippen MR) is 89.7 cm³/mol. The smallest absolute Gasteiger partial charge is 0.270 e. The van der Waals surface area contributed by atoms with Crippen molar-refractivity contribution in [3.8, 4) is 0 Å². The largest absolute Gasteiger partial charge is 0.389 e. The van der Waals surface area contributed by atoms with Gasteiger partial charge in [-0.1, -0.05) is 0 Å². The number of nitrogens with one attached hydrogen (secondary N) is 1. The molecule has 0 unspecified atom stereocenters. The van der Waals surface area contributed by atoms with Gasteiger partial charge in [0.15, 0.2) is 0 Å². The van der Waals surface area contributed by atoms with Crippen LogP contribution in [0.25, 0.3) is 0 Å². The third-order valence-corrected chi connectivity index (χ3v) is 5.70. The average Bonchev–Trinajstić information content (AvgIpc) is 3.22. The third-order valence-electron chi connectivity index (χ3n) is 4.10. The molecule has 1 aliphatic heterocycles. The van der Waals surface area contributed by atoms with E-state index in [0.29, 0.717) is 25.3 Å². The van der Waals surface area contributed by atoms with E-state index in [9.17, 15) is 15.0 Å². The number of nitrogens with zero attached hydrogens (tertiary/aromatic N) is 2. The van der Waals surface area contributed by atoms with Crippen molar-refractivity contribution in [3.05, 3.63) is 38.5 Å². The maximum atomic E-state index is 11.9. The van der Waals surface area contributed by atoms with Crippen LogP contribution < -0.4 is 5.32 Å². The van der Waals surface area contributed by atoms with Gasteiger partial charge in [0.1, 0.15) is 11.3 Å². The zero-order chi connectivity index (χ0) is 16.4. The number of aliphatic hydroxyl groups is 2. The molecular formula is C15H19N3O3S2. The SMILES string of the molecule is Cc1ccsc1CN1C[C@@H](O)[C@](O)(CNC(=O)c2cscn2)C1. The van der Waals surface area contributed by atoms with Gasteiger partial charge in [0.2, 0.25) is 0 Å². The average molecular weight is 353 g/mol. The standard InChI is InChI=1S/C15H19N3O3S2/c1-10-2-3-23-12(10)4-18-5-13(19)15(21,8-18)7-16-14(20)11-6-22-9-17-11/h2-3,6,9,13,19,21H,4-5,7-8H2,1H3,(H,16,20)/t13-,15+/m1/s1. The van der Waals surface area contributed by atoms with Crippen molar-refractivity contribution in [3.63, 3.8) is 0 Å². The number of aryl methyl sites for hydroxylation is 1. The number of β-amino-alcohol motifs (C(OH)–C–C–N with tert-alkyl or cyclic N) is 2. The second-order valence-electron chi connectivity index (χ2n) is 5.87. The van der Waals surface area contributed by atoms with Crippen LogP contribution in [0.15, 0.2) is 22.3 Å². The Morgan fingerprint density at radius 1 is 1.61 bits per heavy atom. The van der Waals surface area contributed by atoms with Crippen LogP contribution in [0.5, 0.6) is 0 Å². The van der Waals surface area contributed by atoms with Gasteiger partial charge in [-0.15, -0.1) is 22.7 Å². The number of thiophene rings is 1. The van der Waals surface area contributed by atoms with Crippen LogP contribution in [-0.4, -0.2) is 57.3 Å². The molecule has 124 valence electrons. The van der Waals surface area contributed by atoms with Crippen molar-refractivity contribution in [1.82, 2.24) is 15.2 Å². The summed E-state index contributed by atoms with van der Waals surface area (Å²) in [5.74, 6) is -0.334. The number of thiazole rings is 1. The van der Waals surface area contributed by atoms with Gasteiger partial charge in [-0.25, -0.2) is 4.98 Å². The molecule has 1 amide bonds. The van der Waals surface area contributed by atoms with Gasteiger partial charge in [0.05, 0.1) is 18.2 Å². The molecule has 8 heteroatoms. The number of hydrogen-bond acceptors (Lipinski definition) is 7. The Kier molecular flexibility index (Phi) is 4.79. The number of rotatable bonds is 5. The number of carbonyl (C=O) groups excluding carboxylic acids is 1. The minimum Gasteiger partial charge on any atom is -0.389 e. The number of amides is 1. The predicted octanol–water partition coefficient (Wildman–Crippen LogP) is 0.851. The lowest BCUT2D eigenvalue weighted by atomic mass is 10.0. The molecule has 0 spiro atoms. The van der Waals surface area contributed by atoms with Crippen LogP contribution in [-0.2, 0) is 6.54 Å². The van der Waals surface area contributed by atoms with Gasteiger partial charge in [-0.3, -0.25) is 9.69 Å². The summed E-state index contributed by atoms with van der Waals surface area (Å²) in [5.41, 5.74) is 1.80. The first-order valence-corrected chi connectivity index (χ1v) is 9.12. The maximum Gasteiger partial charge on any atom is 0.270 e. The van der Waals surface area contributed by atoms with E-state index in [1.165, 1.54) is 21.8 Å². The minimum atomic E-state index is -1.34. The van der Waals surface area contributed by atoms with E-state index in [0.717, 1.165) is 0 Å². The summed E-state index contributed by atoms with van der Waals surface area (Å²) in [4.78, 5) is 19.1. The molecule has 1 aliphatic rings. The minimum absolute atomic E-state index is 0.00441. The quantitative estimate of drug-likeness (QED) is 0.742. The van der Waals surface area contributed by atoms with E-state index < -0.39 is 11.7 Å². The van der Waals surface area contributed by atoms with Gasteiger partial charge >= 0.3 is 0 Å². The van der Waals surface area contributed by atoms with Crippen molar-refractivity contribution in [2.45, 2.75) is 25.2 Å². The van der Waals surface area contributed by atoms with Crippen LogP contribution in [0, 0.1) is 6.92 Å². The summed E-state index contributed by atoms with van der Waals surface area (Å²) >= 11 is 3.01. The lowest BCUT2D eigenvalue weighted by Crippen LogP contribution is -2.51. The summed E-state index contributed by atoms with van der Waals surface area (Å²) in [6.07, 6.45) is -0.890. The molecule has 0 bridgehead atoms. The second-order valence-corrected chi connectivity index (χ2v) is 7.59. The van der Waals surface area contributed by atoms with Gasteiger partial charge in [-0.05, 0) is 23.9 Å². The molecule has 0 aromatic carbocycles. The molecule has 2 aromatic rings. The monoisotopic (exact) mass is 353 g/mol. The van der Waals surface area contributed by atoms with Gasteiger partial charge < -0.3 is 15.5 Å². The topological polar surface area (TPSA) is 85.7 Å². The highest BCUT2D eigenvalue weighted by molar-refractivity contribution is 7.10. The van der Waals surface area contributed by atoms with E-state index >= 15 is 0 Å². The number of carbonyl (C=O) groups is 1. The normalized spacial score (nSPS) is 24.9. The van der Waals surface area contributed by atoms with Crippen molar-refractivity contribution in [2.75, 3.05) is 19.6 Å². The van der Waals surface area contributed by atoms with Crippen molar-refractivity contribution >= 4 is 28.6 Å². The molecule has 2 aromatic heterocycles. The fourth-order valence-electron chi connectivity index (χ4n) is 2.68. The van der Waals surface area contributed by atoms with Crippen LogP contribution >= 0.6 is 22.7 Å². The first-order valence-electron chi connectivity index (χ1n) is 7.30. The Morgan fingerprint density at radius 2 is 2.43 bits per heavy atom. The summed E-state index contributed by atoms with van der Waals surface area (Å²) in [6, 6.07) is 2.06. The number of likely N-dealkylation sites (tertiary alicyclic amines) is 1. The lowest BCUT2D eigenvalue weighted by molar-refractivity contribution is -0.0377. The summed E-state index contributed by atoms with van der Waals surface area (Å²) in [6.45, 7) is 3.47. The van der Waals surface area contributed by atoms with Crippen LogP contribution in [0.3, 0.4) is 0 Å². The molecule has 3 rings (SSSR count). The Morgan fingerprint density at radius 3 is 3.09 bits per heavy atom. The molecule has 0 aliphatic carbocycles. The molecule has 6 nitrogen and oxygen atoms in total. The first kappa shape index (κ1) is 16.5. The highest BCUT2D eigenvalue weighted by atomic mass is 32.1. The van der Waals surface area contributed by atoms with Crippen molar-refractivity contribution < 1.29 is 15.0 Å². The molecule has 1 saturated heterocycles. The Bertz CT molecular complexity index is 673. The summed E-state index contributed by atoms with van der Waals surface area (Å²) < 4.78 is 0. The van der Waals surface area contributed by atoms with Gasteiger partial charge in [0.25, 0.3) is 5.91 Å². The fourth-order valence-corrected chi connectivity index (χ4v) is 4.16. The molecule has 2 atom stereocenters. The second kappa shape index (κ2) is 6.66. The Labute approximate surface area is 142 Å². The van der Waals surface area contributed by atoms with Crippen LogP contribution in [0.1, 0.15) is 20.9 Å². The molecule has 3 heterocycles. The van der Waals surface area contributed by atoms with E-state index in [2.05, 4.69) is 23.3 Å². The number of aromatic nitrogens is 1. The zero-order valence-corrected chi connectivity index (χ0v) is 14.4. The fraction of sp³-hybridized carbons (Fsp3) is 0.467. The number of hydrogen-bond donors (Lipinski definition) is 3. The third kappa shape index (κ3) is 3.61. The molecule has 1 fully saturated rings. The van der Waals surface area contributed by atoms with E-state index in [-0.39, 0.29) is 12.5 Å². The molecule has 23 heavy (non-hydrogen) atoms. The molecule has 3 N–H and O–H groups in total. The maximum absolute atomic E-state index is 11.9. The molecular weight excluding hydrogens is 334 g/mol. The van der Waals surface area contributed by atoms with Crippen molar-refractivity contribution in [2.24, 2.45) is 0 Å². The van der Waals surface area contributed by atoms with Crippen LogP contribution in [0.4, 0.5) is 0 Å². The van der Waals surface area contributed by atoms with E-state index in [1.54, 1.807) is 22.2 Å². The molecule has 0 saturated carbocycles. The van der Waals surface area contributed by atoms with Crippen molar-refractivity contribution in [1.29, 1.82) is 0 Å². The molecule has 0 radical (unpaired) electrons. The zero-order valence-electron chi connectivity index (χ0n) is 12.7. The van der Waals surface area contributed by atoms with Gasteiger partial charge in [0, 0.05) is 29.9 Å². The van der Waals surface area contributed by atoms with E-state index in [1.807, 2.05) is 10.3 Å². The highest BCUT2D eigenvalue weighted by Crippen LogP contribution is 2.26. The van der Waals surface area contributed by atoms with Crippen LogP contribution in [0.2, 0.25) is 0 Å². The first-order chi connectivity index (χ1) is 11.0.